The first kappa shape index (κ1) is 24.4. The Labute approximate surface area is 178 Å². The van der Waals surface area contributed by atoms with Gasteiger partial charge in [-0.2, -0.15) is 0 Å². The summed E-state index contributed by atoms with van der Waals surface area (Å²) in [4.78, 5) is 38.5. The molecule has 2 saturated heterocycles. The summed E-state index contributed by atoms with van der Waals surface area (Å²) >= 11 is 0. The zero-order chi connectivity index (χ0) is 23.1. The minimum atomic E-state index is -0.914. The normalized spacial score (nSPS) is 28.5. The summed E-state index contributed by atoms with van der Waals surface area (Å²) in [5, 5.41) is 2.79. The molecule has 2 aliphatic rings. The summed E-state index contributed by atoms with van der Waals surface area (Å²) in [5.41, 5.74) is -1.36. The van der Waals surface area contributed by atoms with Gasteiger partial charge in [0.1, 0.15) is 17.9 Å². The maximum atomic E-state index is 12.9. The predicted molar refractivity (Wildman–Crippen MR) is 108 cm³/mol. The third-order valence-electron chi connectivity index (χ3n) is 4.73. The van der Waals surface area contributed by atoms with Crippen LogP contribution in [0.3, 0.4) is 0 Å². The quantitative estimate of drug-likeness (QED) is 0.689. The van der Waals surface area contributed by atoms with Crippen LogP contribution in [0.25, 0.3) is 0 Å². The zero-order valence-corrected chi connectivity index (χ0v) is 19.5. The van der Waals surface area contributed by atoms with Crippen LogP contribution in [0.5, 0.6) is 0 Å². The lowest BCUT2D eigenvalue weighted by Crippen LogP contribution is -2.66. The van der Waals surface area contributed by atoms with E-state index in [0.717, 1.165) is 0 Å². The van der Waals surface area contributed by atoms with Crippen molar-refractivity contribution >= 4 is 18.0 Å². The van der Waals surface area contributed by atoms with Crippen molar-refractivity contribution in [3.63, 3.8) is 0 Å². The number of nitrogens with zero attached hydrogens (tertiary/aromatic N) is 1. The van der Waals surface area contributed by atoms with Gasteiger partial charge in [-0.3, -0.25) is 14.5 Å². The van der Waals surface area contributed by atoms with E-state index in [1.165, 1.54) is 11.8 Å². The summed E-state index contributed by atoms with van der Waals surface area (Å²) in [7, 11) is 0. The topological polar surface area (TPSA) is 103 Å². The second kappa shape index (κ2) is 8.34. The largest absolute Gasteiger partial charge is 0.465 e. The van der Waals surface area contributed by atoms with Crippen LogP contribution in [0.1, 0.15) is 62.3 Å². The first-order chi connectivity index (χ1) is 13.5. The van der Waals surface area contributed by atoms with Gasteiger partial charge in [-0.1, -0.05) is 0 Å². The average molecular weight is 429 g/mol. The van der Waals surface area contributed by atoms with Crippen molar-refractivity contribution in [1.29, 1.82) is 0 Å². The number of hydrogen-bond donors (Lipinski definition) is 1. The molecule has 0 aromatic heterocycles. The van der Waals surface area contributed by atoms with Crippen LogP contribution in [0.4, 0.5) is 4.79 Å². The first-order valence-corrected chi connectivity index (χ1v) is 10.3. The highest BCUT2D eigenvalue weighted by Crippen LogP contribution is 2.39. The van der Waals surface area contributed by atoms with Gasteiger partial charge in [0.2, 0.25) is 5.91 Å². The molecule has 2 aliphatic heterocycles. The van der Waals surface area contributed by atoms with Gasteiger partial charge >= 0.3 is 12.1 Å². The molecule has 2 fully saturated rings. The van der Waals surface area contributed by atoms with Gasteiger partial charge in [0, 0.05) is 19.4 Å². The molecule has 0 unspecified atom stereocenters. The number of fused-ring (bicyclic) bond motifs is 1. The van der Waals surface area contributed by atoms with Crippen LogP contribution in [-0.2, 0) is 28.5 Å². The van der Waals surface area contributed by atoms with Gasteiger partial charge in [-0.25, -0.2) is 4.79 Å². The number of nitrogens with one attached hydrogen (secondary N) is 1. The summed E-state index contributed by atoms with van der Waals surface area (Å²) < 4.78 is 23.2. The van der Waals surface area contributed by atoms with E-state index in [9.17, 15) is 14.4 Å². The van der Waals surface area contributed by atoms with Gasteiger partial charge in [-0.05, 0) is 55.4 Å². The molecule has 172 valence electrons. The van der Waals surface area contributed by atoms with Crippen molar-refractivity contribution in [2.75, 3.05) is 13.2 Å². The number of ether oxygens (including phenoxy) is 4. The molecule has 0 aromatic rings. The van der Waals surface area contributed by atoms with Crippen LogP contribution in [0.2, 0.25) is 0 Å². The van der Waals surface area contributed by atoms with E-state index in [1.54, 1.807) is 55.4 Å². The fourth-order valence-electron chi connectivity index (χ4n) is 3.50. The smallest absolute Gasteiger partial charge is 0.412 e. The molecule has 0 spiro atoms. The number of carbonyl (C=O) groups excluding carboxylic acids is 3. The first-order valence-electron chi connectivity index (χ1n) is 10.3. The van der Waals surface area contributed by atoms with Crippen molar-refractivity contribution in [2.24, 2.45) is 11.3 Å². The molecule has 4 atom stereocenters. The predicted octanol–water partition coefficient (Wildman–Crippen LogP) is 2.42. The SMILES string of the molecule is CC(=O)N[C@@H]1[C@H]2OC(C)(C)O[C@H]2[C@@H](COC(=O)C(C)(C)C)CN1C(=O)OC(C)(C)C. The molecule has 1 N–H and O–H groups in total. The van der Waals surface area contributed by atoms with Crippen LogP contribution >= 0.6 is 0 Å². The number of hydrogen-bond acceptors (Lipinski definition) is 7. The van der Waals surface area contributed by atoms with Gasteiger partial charge in [-0.15, -0.1) is 0 Å². The van der Waals surface area contributed by atoms with Crippen molar-refractivity contribution in [2.45, 2.75) is 92.1 Å². The lowest BCUT2D eigenvalue weighted by atomic mass is 9.90. The monoisotopic (exact) mass is 428 g/mol. The number of piperidine rings is 1. The molecule has 2 heterocycles. The van der Waals surface area contributed by atoms with E-state index in [1.807, 2.05) is 0 Å². The van der Waals surface area contributed by atoms with E-state index >= 15 is 0 Å². The molecule has 9 nitrogen and oxygen atoms in total. The summed E-state index contributed by atoms with van der Waals surface area (Å²) in [6.45, 7) is 15.8. The van der Waals surface area contributed by atoms with Crippen molar-refractivity contribution in [1.82, 2.24) is 10.2 Å². The Kier molecular flexibility index (Phi) is 6.78. The van der Waals surface area contributed by atoms with Crippen LogP contribution in [0.15, 0.2) is 0 Å². The minimum absolute atomic E-state index is 0.0583. The fourth-order valence-corrected chi connectivity index (χ4v) is 3.50. The number of rotatable bonds is 3. The maximum Gasteiger partial charge on any atom is 0.412 e. The Bertz CT molecular complexity index is 678. The van der Waals surface area contributed by atoms with Crippen LogP contribution in [-0.4, -0.2) is 65.8 Å². The molecule has 2 amide bonds. The third-order valence-corrected chi connectivity index (χ3v) is 4.73. The highest BCUT2D eigenvalue weighted by atomic mass is 16.8. The summed E-state index contributed by atoms with van der Waals surface area (Å²) in [6.07, 6.45) is -2.45. The van der Waals surface area contributed by atoms with E-state index in [2.05, 4.69) is 5.32 Å². The average Bonchev–Trinajstić information content (AvgIpc) is 2.86. The van der Waals surface area contributed by atoms with Gasteiger partial charge in [0.05, 0.1) is 18.1 Å². The van der Waals surface area contributed by atoms with Gasteiger partial charge in [0.15, 0.2) is 5.79 Å². The number of likely N-dealkylation sites (tertiary alicyclic amines) is 1. The Balaban J connectivity index is 2.31. The molecule has 30 heavy (non-hydrogen) atoms. The molecule has 0 aromatic carbocycles. The lowest BCUT2D eigenvalue weighted by molar-refractivity contribution is -0.160. The van der Waals surface area contributed by atoms with E-state index < -0.39 is 41.3 Å². The Morgan fingerprint density at radius 1 is 1.07 bits per heavy atom. The Morgan fingerprint density at radius 3 is 2.13 bits per heavy atom. The summed E-state index contributed by atoms with van der Waals surface area (Å²) in [5.74, 6) is -1.91. The van der Waals surface area contributed by atoms with E-state index in [-0.39, 0.29) is 30.9 Å². The minimum Gasteiger partial charge on any atom is -0.465 e. The molecule has 9 heteroatoms. The van der Waals surface area contributed by atoms with E-state index in [0.29, 0.717) is 0 Å². The van der Waals surface area contributed by atoms with Crippen LogP contribution in [0, 0.1) is 11.3 Å². The van der Waals surface area contributed by atoms with Crippen molar-refractivity contribution in [3.05, 3.63) is 0 Å². The molecular weight excluding hydrogens is 392 g/mol. The molecule has 2 rings (SSSR count). The second-order valence-electron chi connectivity index (χ2n) is 10.5. The van der Waals surface area contributed by atoms with Crippen LogP contribution < -0.4 is 5.32 Å². The number of amides is 2. The highest BCUT2D eigenvalue weighted by Gasteiger charge is 2.55. The maximum absolute atomic E-state index is 12.9. The zero-order valence-electron chi connectivity index (χ0n) is 19.5. The number of esters is 1. The molecule has 0 radical (unpaired) electrons. The molecule has 0 aliphatic carbocycles. The third kappa shape index (κ3) is 6.07. The van der Waals surface area contributed by atoms with E-state index in [4.69, 9.17) is 18.9 Å². The van der Waals surface area contributed by atoms with Gasteiger partial charge in [0.25, 0.3) is 0 Å². The Hall–Kier alpha value is -1.87. The van der Waals surface area contributed by atoms with Gasteiger partial charge < -0.3 is 24.3 Å². The fraction of sp³-hybridized carbons (Fsp3) is 0.857. The lowest BCUT2D eigenvalue weighted by Gasteiger charge is -2.44. The Morgan fingerprint density at radius 2 is 1.63 bits per heavy atom. The standard InChI is InChI=1S/C21H36N2O7/c1-12(24)22-16-15-14(28-21(8,9)29-15)13(11-27-17(25)19(2,3)4)10-23(16)18(26)30-20(5,6)7/h13-16H,10-11H2,1-9H3,(H,22,24)/t13-,14+,15+,16+/m1/s1. The van der Waals surface area contributed by atoms with Crippen molar-refractivity contribution < 1.29 is 33.3 Å². The van der Waals surface area contributed by atoms with Crippen molar-refractivity contribution in [3.8, 4) is 0 Å². The summed E-state index contributed by atoms with van der Waals surface area (Å²) in [6, 6.07) is 0. The second-order valence-corrected chi connectivity index (χ2v) is 10.5. The molecule has 0 saturated carbocycles. The highest BCUT2D eigenvalue weighted by molar-refractivity contribution is 5.76. The molecule has 0 bridgehead atoms. The number of carbonyl (C=O) groups is 3. The molecular formula is C21H36N2O7.